The first-order valence-electron chi connectivity index (χ1n) is 7.31. The number of hydrogen-bond donors (Lipinski definition) is 2. The largest absolute Gasteiger partial charge is 0.495 e. The molecule has 0 bridgehead atoms. The van der Waals surface area contributed by atoms with Crippen LogP contribution in [-0.4, -0.2) is 19.6 Å². The lowest BCUT2D eigenvalue weighted by molar-refractivity contribution is -0.115. The van der Waals surface area contributed by atoms with Crippen LogP contribution in [0.5, 0.6) is 5.75 Å². The Hall–Kier alpha value is -3.00. The predicted molar refractivity (Wildman–Crippen MR) is 90.6 cm³/mol. The first-order valence-corrected chi connectivity index (χ1v) is 7.31. The molecule has 2 N–H and O–H groups in total. The number of nitrogens with zero attached hydrogens (tertiary/aromatic N) is 1. The fourth-order valence-corrected chi connectivity index (χ4v) is 2.15. The summed E-state index contributed by atoms with van der Waals surface area (Å²) in [5, 5.41) is 14.8. The van der Waals surface area contributed by atoms with Gasteiger partial charge in [0.15, 0.2) is 0 Å². The molecule has 1 amide bonds. The summed E-state index contributed by atoms with van der Waals surface area (Å²) in [6.07, 6.45) is 0.313. The highest BCUT2D eigenvalue weighted by atomic mass is 16.5. The van der Waals surface area contributed by atoms with Gasteiger partial charge in [-0.25, -0.2) is 0 Å². The van der Waals surface area contributed by atoms with Gasteiger partial charge in [0.05, 0.1) is 24.4 Å². The molecule has 0 fully saturated rings. The highest BCUT2D eigenvalue weighted by molar-refractivity contribution is 5.92. The molecule has 118 valence electrons. The zero-order valence-corrected chi connectivity index (χ0v) is 13.2. The number of aryl methyl sites for hydroxylation is 1. The quantitative estimate of drug-likeness (QED) is 0.858. The average molecular weight is 309 g/mol. The molecule has 5 nitrogen and oxygen atoms in total. The van der Waals surface area contributed by atoms with Gasteiger partial charge in [0.25, 0.3) is 0 Å². The number of hydrogen-bond acceptors (Lipinski definition) is 4. The fraction of sp³-hybridized carbons (Fsp3) is 0.222. The second kappa shape index (κ2) is 7.85. The Kier molecular flexibility index (Phi) is 5.59. The maximum atomic E-state index is 12.0. The molecule has 5 heteroatoms. The smallest absolute Gasteiger partial charge is 0.226 e. The van der Waals surface area contributed by atoms with E-state index in [2.05, 4.69) is 16.7 Å². The second-order valence-corrected chi connectivity index (χ2v) is 5.12. The van der Waals surface area contributed by atoms with Gasteiger partial charge in [-0.15, -0.1) is 0 Å². The van der Waals surface area contributed by atoms with Gasteiger partial charge in [-0.05, 0) is 42.8 Å². The maximum Gasteiger partial charge on any atom is 0.226 e. The fourth-order valence-electron chi connectivity index (χ4n) is 2.15. The van der Waals surface area contributed by atoms with E-state index in [9.17, 15) is 4.79 Å². The zero-order chi connectivity index (χ0) is 16.7. The molecule has 23 heavy (non-hydrogen) atoms. The molecule has 0 spiro atoms. The summed E-state index contributed by atoms with van der Waals surface area (Å²) < 4.78 is 5.24. The minimum Gasteiger partial charge on any atom is -0.495 e. The molecule has 0 heterocycles. The number of carbonyl (C=O) groups excluding carboxylic acids is 1. The van der Waals surface area contributed by atoms with Crippen LogP contribution in [0.2, 0.25) is 0 Å². The van der Waals surface area contributed by atoms with E-state index < -0.39 is 0 Å². The third kappa shape index (κ3) is 4.75. The lowest BCUT2D eigenvalue weighted by Crippen LogP contribution is -2.16. The number of amides is 1. The predicted octanol–water partition coefficient (Wildman–Crippen LogP) is 3.32. The Balaban J connectivity index is 1.88. The van der Waals surface area contributed by atoms with Crippen LogP contribution in [0, 0.1) is 18.3 Å². The van der Waals surface area contributed by atoms with Crippen molar-refractivity contribution in [3.05, 3.63) is 53.6 Å². The third-order valence-electron chi connectivity index (χ3n) is 3.30. The van der Waals surface area contributed by atoms with Crippen molar-refractivity contribution in [1.82, 2.24) is 0 Å². The lowest BCUT2D eigenvalue weighted by atomic mass is 10.2. The number of anilines is 2. The molecule has 0 aromatic heterocycles. The molecule has 0 saturated heterocycles. The molecule has 2 rings (SSSR count). The second-order valence-electron chi connectivity index (χ2n) is 5.12. The van der Waals surface area contributed by atoms with Crippen molar-refractivity contribution < 1.29 is 9.53 Å². The van der Waals surface area contributed by atoms with Crippen LogP contribution in [0.3, 0.4) is 0 Å². The van der Waals surface area contributed by atoms with Crippen molar-refractivity contribution in [2.75, 3.05) is 24.3 Å². The number of benzene rings is 2. The molecule has 0 aliphatic carbocycles. The lowest BCUT2D eigenvalue weighted by Gasteiger charge is -2.11. The Morgan fingerprint density at radius 1 is 1.26 bits per heavy atom. The molecule has 0 saturated carbocycles. The monoisotopic (exact) mass is 309 g/mol. The molecule has 0 radical (unpaired) electrons. The molecule has 0 aliphatic rings. The molecular weight excluding hydrogens is 290 g/mol. The molecule has 2 aromatic rings. The van der Waals surface area contributed by atoms with Crippen LogP contribution in [0.15, 0.2) is 42.5 Å². The van der Waals surface area contributed by atoms with Crippen molar-refractivity contribution in [3.8, 4) is 11.8 Å². The van der Waals surface area contributed by atoms with Crippen molar-refractivity contribution in [3.63, 3.8) is 0 Å². The summed E-state index contributed by atoms with van der Waals surface area (Å²) in [5.41, 5.74) is 3.13. The molecule has 0 atom stereocenters. The molecule has 0 unspecified atom stereocenters. The Labute approximate surface area is 135 Å². The van der Waals surface area contributed by atoms with E-state index in [1.165, 1.54) is 0 Å². The highest BCUT2D eigenvalue weighted by Crippen LogP contribution is 2.25. The van der Waals surface area contributed by atoms with Crippen LogP contribution < -0.4 is 15.4 Å². The van der Waals surface area contributed by atoms with Crippen molar-refractivity contribution in [2.45, 2.75) is 13.3 Å². The van der Waals surface area contributed by atoms with Crippen LogP contribution >= 0.6 is 0 Å². The van der Waals surface area contributed by atoms with Gasteiger partial charge in [-0.1, -0.05) is 12.1 Å². The zero-order valence-electron chi connectivity index (χ0n) is 13.2. The normalized spacial score (nSPS) is 9.78. The Morgan fingerprint density at radius 2 is 2.09 bits per heavy atom. The molecule has 0 aliphatic heterocycles. The van der Waals surface area contributed by atoms with Gasteiger partial charge in [0.2, 0.25) is 5.91 Å². The van der Waals surface area contributed by atoms with E-state index >= 15 is 0 Å². The first-order chi connectivity index (χ1) is 11.1. The van der Waals surface area contributed by atoms with Crippen molar-refractivity contribution in [2.24, 2.45) is 0 Å². The van der Waals surface area contributed by atoms with E-state index in [1.807, 2.05) is 31.2 Å². The Morgan fingerprint density at radius 3 is 2.83 bits per heavy atom. The van der Waals surface area contributed by atoms with Crippen molar-refractivity contribution in [1.29, 1.82) is 5.26 Å². The van der Waals surface area contributed by atoms with E-state index in [1.54, 1.807) is 25.3 Å². The summed E-state index contributed by atoms with van der Waals surface area (Å²) in [6, 6.07) is 14.9. The molecule has 2 aromatic carbocycles. The number of rotatable bonds is 6. The number of ether oxygens (including phenoxy) is 1. The van der Waals surface area contributed by atoms with Gasteiger partial charge in [0.1, 0.15) is 5.75 Å². The summed E-state index contributed by atoms with van der Waals surface area (Å²) in [6.45, 7) is 2.44. The number of nitrogens with one attached hydrogen (secondary N) is 2. The van der Waals surface area contributed by atoms with Crippen LogP contribution in [0.1, 0.15) is 17.5 Å². The molecular formula is C18H19N3O2. The van der Waals surface area contributed by atoms with Gasteiger partial charge in [0, 0.05) is 18.7 Å². The highest BCUT2D eigenvalue weighted by Gasteiger charge is 2.07. The minimum absolute atomic E-state index is 0.0992. The van der Waals surface area contributed by atoms with Crippen LogP contribution in [0.4, 0.5) is 11.4 Å². The van der Waals surface area contributed by atoms with Gasteiger partial charge in [-0.3, -0.25) is 4.79 Å². The van der Waals surface area contributed by atoms with E-state index in [-0.39, 0.29) is 5.91 Å². The first kappa shape index (κ1) is 16.4. The van der Waals surface area contributed by atoms with E-state index in [0.717, 1.165) is 11.3 Å². The van der Waals surface area contributed by atoms with Gasteiger partial charge in [-0.2, -0.15) is 5.26 Å². The minimum atomic E-state index is -0.0992. The van der Waals surface area contributed by atoms with E-state index in [0.29, 0.717) is 30.0 Å². The van der Waals surface area contributed by atoms with Crippen LogP contribution in [-0.2, 0) is 4.79 Å². The van der Waals surface area contributed by atoms with Gasteiger partial charge < -0.3 is 15.4 Å². The summed E-state index contributed by atoms with van der Waals surface area (Å²) in [7, 11) is 1.57. The van der Waals surface area contributed by atoms with Crippen LogP contribution in [0.25, 0.3) is 0 Å². The summed E-state index contributed by atoms with van der Waals surface area (Å²) >= 11 is 0. The summed E-state index contributed by atoms with van der Waals surface area (Å²) in [5.74, 6) is 0.538. The average Bonchev–Trinajstić information content (AvgIpc) is 2.55. The third-order valence-corrected chi connectivity index (χ3v) is 3.30. The van der Waals surface area contributed by atoms with E-state index in [4.69, 9.17) is 10.00 Å². The Bertz CT molecular complexity index is 735. The SMILES string of the molecule is COc1ccc(C)cc1NC(=O)CCNc1cccc(C#N)c1. The number of nitriles is 1. The number of carbonyl (C=O) groups is 1. The van der Waals surface area contributed by atoms with Gasteiger partial charge >= 0.3 is 0 Å². The summed E-state index contributed by atoms with van der Waals surface area (Å²) in [4.78, 5) is 12.0. The maximum absolute atomic E-state index is 12.0. The van der Waals surface area contributed by atoms with Crippen molar-refractivity contribution >= 4 is 17.3 Å². The number of methoxy groups -OCH3 is 1. The standard InChI is InChI=1S/C18H19N3O2/c1-13-6-7-17(23-2)16(10-13)21-18(22)8-9-20-15-5-3-4-14(11-15)12-19/h3-7,10-11,20H,8-9H2,1-2H3,(H,21,22). The topological polar surface area (TPSA) is 74.2 Å².